The highest BCUT2D eigenvalue weighted by Gasteiger charge is 2.15. The van der Waals surface area contributed by atoms with E-state index in [9.17, 15) is 4.79 Å². The van der Waals surface area contributed by atoms with E-state index in [2.05, 4.69) is 22.2 Å². The molecule has 0 fully saturated rings. The van der Waals surface area contributed by atoms with Crippen molar-refractivity contribution >= 4 is 31.8 Å². The molecule has 6 heteroatoms. The molecule has 0 saturated carbocycles. The highest BCUT2D eigenvalue weighted by Crippen LogP contribution is 2.28. The minimum atomic E-state index is -0.142. The van der Waals surface area contributed by atoms with Crippen LogP contribution in [0, 0.1) is 6.92 Å². The minimum absolute atomic E-state index is 0.142. The summed E-state index contributed by atoms with van der Waals surface area (Å²) in [5, 5.41) is 9.34. The van der Waals surface area contributed by atoms with Crippen molar-refractivity contribution in [3.8, 4) is 5.69 Å². The van der Waals surface area contributed by atoms with Gasteiger partial charge in [-0.05, 0) is 37.1 Å². The van der Waals surface area contributed by atoms with E-state index in [-0.39, 0.29) is 5.56 Å². The first-order chi connectivity index (χ1) is 11.2. The van der Waals surface area contributed by atoms with Crippen LogP contribution in [-0.4, -0.2) is 20.0 Å². The molecule has 114 valence electrons. The van der Waals surface area contributed by atoms with Crippen molar-refractivity contribution in [3.63, 3.8) is 0 Å². The summed E-state index contributed by atoms with van der Waals surface area (Å²) < 4.78 is 1.99. The van der Waals surface area contributed by atoms with Crippen LogP contribution in [0.2, 0.25) is 0 Å². The Morgan fingerprint density at radius 1 is 1.17 bits per heavy atom. The van der Waals surface area contributed by atoms with E-state index < -0.39 is 0 Å². The predicted molar refractivity (Wildman–Crippen MR) is 92.4 cm³/mol. The molecule has 0 aliphatic carbocycles. The van der Waals surface area contributed by atoms with Gasteiger partial charge in [0.15, 0.2) is 0 Å². The molecule has 0 radical (unpaired) electrons. The topological polar surface area (TPSA) is 60.7 Å². The number of fused-ring (bicyclic) bond motifs is 3. The first kappa shape index (κ1) is 14.0. The number of aromatic nitrogens is 4. The van der Waals surface area contributed by atoms with Crippen molar-refractivity contribution in [3.05, 3.63) is 58.0 Å². The average Bonchev–Trinajstić information content (AvgIpc) is 2.94. The van der Waals surface area contributed by atoms with E-state index in [0.717, 1.165) is 33.6 Å². The molecule has 0 atom stereocenters. The second kappa shape index (κ2) is 5.24. The van der Waals surface area contributed by atoms with Crippen molar-refractivity contribution in [2.24, 2.45) is 0 Å². The molecule has 0 saturated heterocycles. The van der Waals surface area contributed by atoms with Crippen LogP contribution in [-0.2, 0) is 6.42 Å². The summed E-state index contributed by atoms with van der Waals surface area (Å²) >= 11 is 1.38. The fraction of sp³-hybridized carbons (Fsp3) is 0.176. The number of aryl methyl sites for hydroxylation is 2. The third-order valence-corrected chi connectivity index (χ3v) is 4.97. The Labute approximate surface area is 136 Å². The third-order valence-electron chi connectivity index (χ3n) is 3.89. The van der Waals surface area contributed by atoms with Crippen LogP contribution >= 0.6 is 11.3 Å². The molecule has 23 heavy (non-hydrogen) atoms. The Morgan fingerprint density at radius 3 is 2.83 bits per heavy atom. The van der Waals surface area contributed by atoms with Crippen molar-refractivity contribution in [1.29, 1.82) is 0 Å². The Balaban J connectivity index is 2.05. The lowest BCUT2D eigenvalue weighted by Gasteiger charge is -2.07. The molecular formula is C17H14N4OS. The second-order valence-corrected chi connectivity index (χ2v) is 6.37. The van der Waals surface area contributed by atoms with Crippen LogP contribution in [0.25, 0.3) is 26.1 Å². The lowest BCUT2D eigenvalue weighted by atomic mass is 10.1. The first-order valence-electron chi connectivity index (χ1n) is 7.43. The van der Waals surface area contributed by atoms with Gasteiger partial charge in [-0.25, -0.2) is 4.98 Å². The van der Waals surface area contributed by atoms with Crippen molar-refractivity contribution in [2.45, 2.75) is 20.3 Å². The molecule has 1 aromatic carbocycles. The Hall–Kier alpha value is -2.60. The number of hydrogen-bond donors (Lipinski definition) is 0. The Bertz CT molecular complexity index is 1100. The van der Waals surface area contributed by atoms with Gasteiger partial charge >= 0.3 is 0 Å². The zero-order valence-electron chi connectivity index (χ0n) is 12.8. The van der Waals surface area contributed by atoms with Crippen LogP contribution in [0.4, 0.5) is 0 Å². The minimum Gasteiger partial charge on any atom is -0.266 e. The largest absolute Gasteiger partial charge is 0.292 e. The summed E-state index contributed by atoms with van der Waals surface area (Å²) in [6.07, 6.45) is 0.829. The number of rotatable bonds is 2. The predicted octanol–water partition coefficient (Wildman–Crippen LogP) is 3.26. The number of para-hydroxylation sites is 1. The number of nitrogens with zero attached hydrogens (tertiary/aromatic N) is 4. The van der Waals surface area contributed by atoms with Gasteiger partial charge in [0.25, 0.3) is 5.56 Å². The molecule has 3 heterocycles. The SMILES string of the molecule is CCc1ccccc1-n1nnc2c(sc3nc(C)ccc32)c1=O. The first-order valence-corrected chi connectivity index (χ1v) is 8.25. The summed E-state index contributed by atoms with van der Waals surface area (Å²) in [5.74, 6) is 0. The monoisotopic (exact) mass is 322 g/mol. The van der Waals surface area contributed by atoms with Gasteiger partial charge in [-0.15, -0.1) is 16.4 Å². The Morgan fingerprint density at radius 2 is 2.00 bits per heavy atom. The van der Waals surface area contributed by atoms with Gasteiger partial charge in [-0.2, -0.15) is 4.68 Å². The van der Waals surface area contributed by atoms with Crippen molar-refractivity contribution in [1.82, 2.24) is 20.0 Å². The van der Waals surface area contributed by atoms with Gasteiger partial charge in [-0.1, -0.05) is 30.3 Å². The van der Waals surface area contributed by atoms with Gasteiger partial charge in [0.05, 0.1) is 5.69 Å². The van der Waals surface area contributed by atoms with Crippen LogP contribution in [0.3, 0.4) is 0 Å². The number of benzene rings is 1. The second-order valence-electron chi connectivity index (χ2n) is 5.37. The van der Waals surface area contributed by atoms with E-state index in [1.807, 2.05) is 43.3 Å². The maximum Gasteiger partial charge on any atom is 0.292 e. The summed E-state index contributed by atoms with van der Waals surface area (Å²) in [4.78, 5) is 18.2. The maximum atomic E-state index is 12.9. The molecule has 0 bridgehead atoms. The van der Waals surface area contributed by atoms with E-state index in [1.165, 1.54) is 16.0 Å². The van der Waals surface area contributed by atoms with E-state index >= 15 is 0 Å². The van der Waals surface area contributed by atoms with Gasteiger partial charge in [-0.3, -0.25) is 4.79 Å². The molecule has 0 N–H and O–H groups in total. The lowest BCUT2D eigenvalue weighted by Crippen LogP contribution is -2.22. The highest BCUT2D eigenvalue weighted by atomic mass is 32.1. The molecule has 4 rings (SSSR count). The summed E-state index contributed by atoms with van der Waals surface area (Å²) in [7, 11) is 0. The summed E-state index contributed by atoms with van der Waals surface area (Å²) in [6.45, 7) is 3.99. The Kier molecular flexibility index (Phi) is 3.20. The average molecular weight is 322 g/mol. The van der Waals surface area contributed by atoms with Crippen LogP contribution in [0.15, 0.2) is 41.2 Å². The molecule has 4 aromatic rings. The lowest BCUT2D eigenvalue weighted by molar-refractivity contribution is 0.733. The smallest absolute Gasteiger partial charge is 0.266 e. The normalized spacial score (nSPS) is 11.4. The fourth-order valence-electron chi connectivity index (χ4n) is 2.70. The van der Waals surface area contributed by atoms with E-state index in [0.29, 0.717) is 10.2 Å². The number of thiophene rings is 1. The molecule has 3 aromatic heterocycles. The third kappa shape index (κ3) is 2.14. The van der Waals surface area contributed by atoms with Gasteiger partial charge < -0.3 is 0 Å². The molecule has 0 spiro atoms. The fourth-order valence-corrected chi connectivity index (χ4v) is 3.78. The van der Waals surface area contributed by atoms with Crippen LogP contribution < -0.4 is 5.56 Å². The number of hydrogen-bond acceptors (Lipinski definition) is 5. The summed E-state index contributed by atoms with van der Waals surface area (Å²) in [6, 6.07) is 11.6. The van der Waals surface area contributed by atoms with Crippen LogP contribution in [0.5, 0.6) is 0 Å². The molecule has 5 nitrogen and oxygen atoms in total. The van der Waals surface area contributed by atoms with Gasteiger partial charge in [0.2, 0.25) is 0 Å². The van der Waals surface area contributed by atoms with Crippen molar-refractivity contribution in [2.75, 3.05) is 0 Å². The molecule has 0 unspecified atom stereocenters. The van der Waals surface area contributed by atoms with E-state index in [4.69, 9.17) is 0 Å². The molecule has 0 aliphatic rings. The standard InChI is InChI=1S/C17H14N4OS/c1-3-11-6-4-5-7-13(11)21-17(22)15-14(19-20-21)12-9-8-10(2)18-16(12)23-15/h4-9H,3H2,1-2H3. The molecule has 0 amide bonds. The highest BCUT2D eigenvalue weighted by molar-refractivity contribution is 7.25. The number of pyridine rings is 1. The zero-order valence-corrected chi connectivity index (χ0v) is 13.6. The zero-order chi connectivity index (χ0) is 16.0. The molecule has 0 aliphatic heterocycles. The van der Waals surface area contributed by atoms with Gasteiger partial charge in [0.1, 0.15) is 15.0 Å². The van der Waals surface area contributed by atoms with E-state index in [1.54, 1.807) is 0 Å². The van der Waals surface area contributed by atoms with Gasteiger partial charge in [0, 0.05) is 11.1 Å². The quantitative estimate of drug-likeness (QED) is 0.568. The summed E-state index contributed by atoms with van der Waals surface area (Å²) in [5.41, 5.74) is 3.27. The van der Waals surface area contributed by atoms with Crippen LogP contribution in [0.1, 0.15) is 18.2 Å². The molecular weight excluding hydrogens is 308 g/mol. The maximum absolute atomic E-state index is 12.9. The van der Waals surface area contributed by atoms with Crippen molar-refractivity contribution < 1.29 is 0 Å².